The molecule has 1 N–H and O–H groups in total. The first-order valence-corrected chi connectivity index (χ1v) is 7.05. The molecule has 4 heteroatoms. The number of benzene rings is 2. The maximum atomic E-state index is 9.44. The van der Waals surface area contributed by atoms with Crippen LogP contribution in [-0.2, 0) is 6.61 Å². The van der Waals surface area contributed by atoms with Crippen molar-refractivity contribution in [1.82, 2.24) is 0 Å². The summed E-state index contributed by atoms with van der Waals surface area (Å²) in [4.78, 5) is 0. The second kappa shape index (κ2) is 5.11. The Bertz CT molecular complexity index is 704. The fourth-order valence-corrected chi connectivity index (χ4v) is 2.98. The van der Waals surface area contributed by atoms with Gasteiger partial charge < -0.3 is 9.84 Å². The Kier molecular flexibility index (Phi) is 3.32. The maximum absolute atomic E-state index is 9.44. The normalized spacial score (nSPS) is 10.8. The highest BCUT2D eigenvalue weighted by molar-refractivity contribution is 7.17. The van der Waals surface area contributed by atoms with Crippen LogP contribution in [0.3, 0.4) is 0 Å². The van der Waals surface area contributed by atoms with E-state index in [0.29, 0.717) is 17.4 Å². The maximum Gasteiger partial charge on any atom is 0.119 e. The minimum Gasteiger partial charge on any atom is -0.508 e. The van der Waals surface area contributed by atoms with E-state index in [-0.39, 0.29) is 0 Å². The van der Waals surface area contributed by atoms with E-state index in [1.54, 1.807) is 35.6 Å². The Labute approximate surface area is 119 Å². The van der Waals surface area contributed by atoms with Gasteiger partial charge in [-0.2, -0.15) is 0 Å². The van der Waals surface area contributed by atoms with Crippen LogP contribution in [0, 0.1) is 0 Å². The second-order valence-electron chi connectivity index (χ2n) is 4.18. The Balaban J connectivity index is 1.80. The number of phenolic OH excluding ortho intramolecular Hbond substituents is 1. The molecule has 0 radical (unpaired) electrons. The molecule has 0 bridgehead atoms. The number of ether oxygens (including phenoxy) is 1. The molecule has 0 atom stereocenters. The molecule has 0 aliphatic rings. The molecule has 2 aromatic carbocycles. The summed E-state index contributed by atoms with van der Waals surface area (Å²) >= 11 is 7.43. The molecule has 3 rings (SSSR count). The summed E-state index contributed by atoms with van der Waals surface area (Å²) in [7, 11) is 0. The molecule has 0 aliphatic carbocycles. The summed E-state index contributed by atoms with van der Waals surface area (Å²) < 4.78 is 6.79. The number of rotatable bonds is 3. The van der Waals surface area contributed by atoms with Crippen LogP contribution >= 0.6 is 22.9 Å². The molecule has 0 aliphatic heterocycles. The fraction of sp³-hybridized carbons (Fsp3) is 0.0667. The summed E-state index contributed by atoms with van der Waals surface area (Å²) in [5, 5.41) is 13.3. The molecular formula is C15H11ClO2S. The van der Waals surface area contributed by atoms with Crippen LogP contribution in [0.1, 0.15) is 5.56 Å². The molecular weight excluding hydrogens is 280 g/mol. The van der Waals surface area contributed by atoms with Gasteiger partial charge in [0.05, 0.1) is 0 Å². The third-order valence-corrected chi connectivity index (χ3v) is 4.09. The first-order chi connectivity index (χ1) is 9.22. The Morgan fingerprint density at radius 2 is 1.89 bits per heavy atom. The van der Waals surface area contributed by atoms with Crippen molar-refractivity contribution in [3.8, 4) is 11.5 Å². The highest BCUT2D eigenvalue weighted by Crippen LogP contribution is 2.30. The van der Waals surface area contributed by atoms with E-state index in [4.69, 9.17) is 16.3 Å². The van der Waals surface area contributed by atoms with Gasteiger partial charge in [0.25, 0.3) is 0 Å². The number of halogens is 1. The highest BCUT2D eigenvalue weighted by atomic mass is 35.5. The second-order valence-corrected chi connectivity index (χ2v) is 5.53. The van der Waals surface area contributed by atoms with Gasteiger partial charge in [-0.1, -0.05) is 11.6 Å². The van der Waals surface area contributed by atoms with Crippen molar-refractivity contribution < 1.29 is 9.84 Å². The number of hydrogen-bond donors (Lipinski definition) is 1. The zero-order chi connectivity index (χ0) is 13.2. The van der Waals surface area contributed by atoms with Gasteiger partial charge in [-0.25, -0.2) is 0 Å². The van der Waals surface area contributed by atoms with Gasteiger partial charge >= 0.3 is 0 Å². The van der Waals surface area contributed by atoms with Crippen LogP contribution in [0.25, 0.3) is 10.1 Å². The van der Waals surface area contributed by atoms with Gasteiger partial charge in [0.1, 0.15) is 18.1 Å². The van der Waals surface area contributed by atoms with E-state index >= 15 is 0 Å². The number of phenols is 1. The van der Waals surface area contributed by atoms with Gasteiger partial charge in [-0.3, -0.25) is 0 Å². The van der Waals surface area contributed by atoms with Crippen molar-refractivity contribution in [2.75, 3.05) is 0 Å². The largest absolute Gasteiger partial charge is 0.508 e. The first-order valence-electron chi connectivity index (χ1n) is 5.80. The lowest BCUT2D eigenvalue weighted by atomic mass is 10.2. The van der Waals surface area contributed by atoms with Crippen LogP contribution in [0.15, 0.2) is 47.8 Å². The Hall–Kier alpha value is -1.71. The van der Waals surface area contributed by atoms with E-state index in [2.05, 4.69) is 5.38 Å². The van der Waals surface area contributed by atoms with Crippen molar-refractivity contribution in [3.63, 3.8) is 0 Å². The molecule has 0 amide bonds. The summed E-state index contributed by atoms with van der Waals surface area (Å²) in [6.45, 7) is 0.506. The van der Waals surface area contributed by atoms with Crippen LogP contribution in [0.2, 0.25) is 5.02 Å². The molecule has 2 nitrogen and oxygen atoms in total. The van der Waals surface area contributed by atoms with Gasteiger partial charge in [0.15, 0.2) is 0 Å². The van der Waals surface area contributed by atoms with E-state index in [1.165, 1.54) is 0 Å². The molecule has 1 aromatic heterocycles. The molecule has 19 heavy (non-hydrogen) atoms. The summed E-state index contributed by atoms with van der Waals surface area (Å²) in [5.74, 6) is 1.09. The number of thiophene rings is 1. The average Bonchev–Trinajstić information content (AvgIpc) is 2.80. The zero-order valence-corrected chi connectivity index (χ0v) is 11.5. The molecule has 0 fully saturated rings. The number of aromatic hydroxyl groups is 1. The lowest BCUT2D eigenvalue weighted by molar-refractivity contribution is 0.308. The Morgan fingerprint density at radius 1 is 1.11 bits per heavy atom. The summed E-state index contributed by atoms with van der Waals surface area (Å²) in [5.41, 5.74) is 1.12. The average molecular weight is 291 g/mol. The topological polar surface area (TPSA) is 29.5 Å². The summed E-state index contributed by atoms with van der Waals surface area (Å²) in [6.07, 6.45) is 0. The van der Waals surface area contributed by atoms with Crippen molar-refractivity contribution in [2.24, 2.45) is 0 Å². The third-order valence-electron chi connectivity index (χ3n) is 2.85. The highest BCUT2D eigenvalue weighted by Gasteiger charge is 2.05. The quantitative estimate of drug-likeness (QED) is 0.748. The van der Waals surface area contributed by atoms with Crippen molar-refractivity contribution in [1.29, 1.82) is 0 Å². The van der Waals surface area contributed by atoms with Crippen molar-refractivity contribution in [2.45, 2.75) is 6.61 Å². The number of fused-ring (bicyclic) bond motifs is 1. The lowest BCUT2D eigenvalue weighted by Crippen LogP contribution is -1.93. The van der Waals surface area contributed by atoms with Crippen LogP contribution in [0.4, 0.5) is 0 Å². The molecule has 0 spiro atoms. The van der Waals surface area contributed by atoms with Gasteiger partial charge in [-0.15, -0.1) is 11.3 Å². The minimum absolute atomic E-state index is 0.291. The van der Waals surface area contributed by atoms with Crippen LogP contribution < -0.4 is 4.74 Å². The monoisotopic (exact) mass is 290 g/mol. The van der Waals surface area contributed by atoms with Gasteiger partial charge in [0, 0.05) is 15.3 Å². The van der Waals surface area contributed by atoms with E-state index in [9.17, 15) is 5.11 Å². The fourth-order valence-electron chi connectivity index (χ4n) is 1.88. The lowest BCUT2D eigenvalue weighted by Gasteiger charge is -2.05. The van der Waals surface area contributed by atoms with Crippen LogP contribution in [-0.4, -0.2) is 5.11 Å². The zero-order valence-electron chi connectivity index (χ0n) is 9.97. The van der Waals surface area contributed by atoms with Gasteiger partial charge in [-0.05, 0) is 53.2 Å². The van der Waals surface area contributed by atoms with Gasteiger partial charge in [0.2, 0.25) is 0 Å². The molecule has 96 valence electrons. The first kappa shape index (κ1) is 12.3. The third kappa shape index (κ3) is 2.67. The molecule has 3 aromatic rings. The predicted octanol–water partition coefficient (Wildman–Crippen LogP) is 4.84. The van der Waals surface area contributed by atoms with Crippen LogP contribution in [0.5, 0.6) is 11.5 Å². The van der Waals surface area contributed by atoms with Crippen molar-refractivity contribution >= 4 is 33.0 Å². The molecule has 1 heterocycles. The summed E-state index contributed by atoms with van der Waals surface area (Å²) in [6, 6.07) is 12.7. The standard InChI is InChI=1S/C15H11ClO2S/c16-11-1-4-13(5-2-11)18-8-10-9-19-15-7-12(17)3-6-14(10)15/h1-7,9,17H,8H2. The van der Waals surface area contributed by atoms with E-state index < -0.39 is 0 Å². The van der Waals surface area contributed by atoms with E-state index in [0.717, 1.165) is 21.4 Å². The smallest absolute Gasteiger partial charge is 0.119 e. The molecule has 0 saturated carbocycles. The van der Waals surface area contributed by atoms with Crippen molar-refractivity contribution in [3.05, 3.63) is 58.4 Å². The predicted molar refractivity (Wildman–Crippen MR) is 79.3 cm³/mol. The number of hydrogen-bond acceptors (Lipinski definition) is 3. The minimum atomic E-state index is 0.291. The molecule has 0 unspecified atom stereocenters. The Morgan fingerprint density at radius 3 is 2.68 bits per heavy atom. The molecule has 0 saturated heterocycles. The van der Waals surface area contributed by atoms with E-state index in [1.807, 2.05) is 18.2 Å². The SMILES string of the molecule is Oc1ccc2c(COc3ccc(Cl)cc3)csc2c1.